The van der Waals surface area contributed by atoms with Crippen molar-refractivity contribution in [1.82, 2.24) is 30.2 Å². The van der Waals surface area contributed by atoms with Gasteiger partial charge in [0.25, 0.3) is 5.89 Å². The van der Waals surface area contributed by atoms with Crippen LogP contribution in [0.1, 0.15) is 71.0 Å². The molecule has 1 fully saturated rings. The lowest BCUT2D eigenvalue weighted by molar-refractivity contribution is -0.124. The van der Waals surface area contributed by atoms with E-state index >= 15 is 0 Å². The second kappa shape index (κ2) is 6.93. The molecule has 1 amide bonds. The second-order valence-electron chi connectivity index (χ2n) is 7.77. The Kier molecular flexibility index (Phi) is 4.87. The maximum absolute atomic E-state index is 12.5. The molecule has 1 saturated carbocycles. The summed E-state index contributed by atoms with van der Waals surface area (Å²) in [6, 6.07) is 0. The molecule has 0 bridgehead atoms. The van der Waals surface area contributed by atoms with E-state index in [0.717, 1.165) is 32.1 Å². The minimum atomic E-state index is -0.547. The van der Waals surface area contributed by atoms with Gasteiger partial charge in [-0.05, 0) is 12.8 Å². The molecule has 1 aliphatic rings. The molecule has 0 radical (unpaired) electrons. The fourth-order valence-corrected chi connectivity index (χ4v) is 3.16. The lowest BCUT2D eigenvalue weighted by Gasteiger charge is -2.34. The van der Waals surface area contributed by atoms with E-state index in [4.69, 9.17) is 4.52 Å². The Hall–Kier alpha value is -2.25. The van der Waals surface area contributed by atoms with Crippen molar-refractivity contribution >= 4 is 5.91 Å². The van der Waals surface area contributed by atoms with Crippen molar-refractivity contribution in [2.45, 2.75) is 76.8 Å². The van der Waals surface area contributed by atoms with Crippen molar-refractivity contribution < 1.29 is 9.32 Å². The van der Waals surface area contributed by atoms with E-state index in [2.05, 4.69) is 25.5 Å². The zero-order valence-electron chi connectivity index (χ0n) is 15.2. The molecule has 0 atom stereocenters. The third-order valence-electron chi connectivity index (χ3n) is 4.63. The van der Waals surface area contributed by atoms with Crippen LogP contribution in [-0.2, 0) is 22.3 Å². The second-order valence-corrected chi connectivity index (χ2v) is 7.77. The number of hydrogen-bond acceptors (Lipinski definition) is 6. The van der Waals surface area contributed by atoms with E-state index < -0.39 is 5.54 Å². The highest BCUT2D eigenvalue weighted by molar-refractivity contribution is 5.76. The quantitative estimate of drug-likeness (QED) is 0.892. The Balaban J connectivity index is 1.74. The van der Waals surface area contributed by atoms with Gasteiger partial charge in [0, 0.05) is 11.8 Å². The zero-order chi connectivity index (χ0) is 17.9. The number of amides is 1. The molecule has 1 N–H and O–H groups in total. The van der Waals surface area contributed by atoms with Gasteiger partial charge in [0.15, 0.2) is 5.82 Å². The smallest absolute Gasteiger partial charge is 0.252 e. The predicted molar refractivity (Wildman–Crippen MR) is 90.5 cm³/mol. The van der Waals surface area contributed by atoms with Crippen LogP contribution in [0.5, 0.6) is 0 Å². The number of carbonyl (C=O) groups excluding carboxylic acids is 1. The van der Waals surface area contributed by atoms with E-state index in [-0.39, 0.29) is 11.3 Å². The largest absolute Gasteiger partial charge is 0.342 e. The first-order chi connectivity index (χ1) is 11.9. The van der Waals surface area contributed by atoms with Gasteiger partial charge in [-0.1, -0.05) is 45.2 Å². The third kappa shape index (κ3) is 4.05. The summed E-state index contributed by atoms with van der Waals surface area (Å²) in [6.07, 6.45) is 8.31. The topological polar surface area (TPSA) is 98.7 Å². The Bertz CT molecular complexity index is 695. The van der Waals surface area contributed by atoms with Gasteiger partial charge in [0.05, 0.1) is 6.54 Å². The first-order valence-electron chi connectivity index (χ1n) is 8.87. The van der Waals surface area contributed by atoms with Crippen molar-refractivity contribution in [2.75, 3.05) is 0 Å². The molecule has 0 saturated heterocycles. The van der Waals surface area contributed by atoms with E-state index in [1.807, 2.05) is 20.8 Å². The van der Waals surface area contributed by atoms with Gasteiger partial charge in [-0.15, -0.1) is 0 Å². The highest BCUT2D eigenvalue weighted by Crippen LogP contribution is 2.37. The zero-order valence-corrected chi connectivity index (χ0v) is 15.2. The van der Waals surface area contributed by atoms with Crippen molar-refractivity contribution in [2.24, 2.45) is 0 Å². The van der Waals surface area contributed by atoms with Crippen LogP contribution in [0.3, 0.4) is 0 Å². The Labute approximate surface area is 147 Å². The molecule has 25 heavy (non-hydrogen) atoms. The summed E-state index contributed by atoms with van der Waals surface area (Å²) in [5.74, 6) is 1.17. The maximum atomic E-state index is 12.5. The van der Waals surface area contributed by atoms with Crippen molar-refractivity contribution in [3.63, 3.8) is 0 Å². The van der Waals surface area contributed by atoms with Crippen LogP contribution in [0, 0.1) is 0 Å². The SMILES string of the molecule is CC(C)(C)c1noc(C2(NC(=O)CCn3cncn3)CCCCC2)n1. The standard InChI is InChI=1S/C17H26N6O2/c1-16(2,3)14-20-15(25-22-14)17(8-5-4-6-9-17)21-13(24)7-10-23-12-18-11-19-23/h11-12H,4-10H2,1-3H3,(H,21,24). The molecule has 0 aliphatic heterocycles. The summed E-state index contributed by atoms with van der Waals surface area (Å²) >= 11 is 0. The van der Waals surface area contributed by atoms with E-state index in [9.17, 15) is 4.79 Å². The molecule has 1 aliphatic carbocycles. The molecule has 0 aromatic carbocycles. The molecular formula is C17H26N6O2. The molecule has 8 heteroatoms. The first-order valence-corrected chi connectivity index (χ1v) is 8.87. The summed E-state index contributed by atoms with van der Waals surface area (Å²) in [4.78, 5) is 21.0. The number of nitrogens with one attached hydrogen (secondary N) is 1. The Morgan fingerprint density at radius 3 is 2.68 bits per heavy atom. The monoisotopic (exact) mass is 346 g/mol. The summed E-state index contributed by atoms with van der Waals surface area (Å²) in [6.45, 7) is 6.64. The molecule has 3 rings (SSSR count). The fraction of sp³-hybridized carbons (Fsp3) is 0.706. The number of carbonyl (C=O) groups is 1. The summed E-state index contributed by atoms with van der Waals surface area (Å²) in [5.41, 5.74) is -0.733. The van der Waals surface area contributed by atoms with Gasteiger partial charge >= 0.3 is 0 Å². The molecule has 2 aromatic heterocycles. The third-order valence-corrected chi connectivity index (χ3v) is 4.63. The van der Waals surface area contributed by atoms with Crippen LogP contribution in [0.25, 0.3) is 0 Å². The number of hydrogen-bond donors (Lipinski definition) is 1. The van der Waals surface area contributed by atoms with E-state index in [0.29, 0.717) is 24.7 Å². The molecule has 8 nitrogen and oxygen atoms in total. The van der Waals surface area contributed by atoms with Crippen LogP contribution >= 0.6 is 0 Å². The highest BCUT2D eigenvalue weighted by atomic mass is 16.5. The average Bonchev–Trinajstić information content (AvgIpc) is 3.25. The predicted octanol–water partition coefficient (Wildman–Crippen LogP) is 2.32. The molecular weight excluding hydrogens is 320 g/mol. The average molecular weight is 346 g/mol. The fourth-order valence-electron chi connectivity index (χ4n) is 3.16. The van der Waals surface area contributed by atoms with Crippen LogP contribution in [0.2, 0.25) is 0 Å². The summed E-state index contributed by atoms with van der Waals surface area (Å²) in [7, 11) is 0. The lowest BCUT2D eigenvalue weighted by atomic mass is 9.81. The first kappa shape index (κ1) is 17.6. The van der Waals surface area contributed by atoms with E-state index in [1.54, 1.807) is 11.0 Å². The molecule has 0 spiro atoms. The van der Waals surface area contributed by atoms with Gasteiger partial charge in [0.1, 0.15) is 18.2 Å². The minimum Gasteiger partial charge on any atom is -0.342 e. The minimum absolute atomic E-state index is 0.0343. The van der Waals surface area contributed by atoms with Crippen LogP contribution in [0.4, 0.5) is 0 Å². The molecule has 0 unspecified atom stereocenters. The lowest BCUT2D eigenvalue weighted by Crippen LogP contribution is -2.47. The van der Waals surface area contributed by atoms with Gasteiger partial charge in [-0.3, -0.25) is 9.48 Å². The number of rotatable bonds is 5. The maximum Gasteiger partial charge on any atom is 0.252 e. The number of nitrogens with zero attached hydrogens (tertiary/aromatic N) is 5. The van der Waals surface area contributed by atoms with E-state index in [1.165, 1.54) is 6.33 Å². The van der Waals surface area contributed by atoms with Gasteiger partial charge in [-0.2, -0.15) is 10.1 Å². The number of aromatic nitrogens is 5. The number of aryl methyl sites for hydroxylation is 1. The van der Waals surface area contributed by atoms with Crippen molar-refractivity contribution in [1.29, 1.82) is 0 Å². The summed E-state index contributed by atoms with van der Waals surface area (Å²) < 4.78 is 7.23. The highest BCUT2D eigenvalue weighted by Gasteiger charge is 2.41. The Morgan fingerprint density at radius 1 is 1.32 bits per heavy atom. The molecule has 2 aromatic rings. The van der Waals surface area contributed by atoms with Crippen LogP contribution in [0.15, 0.2) is 17.2 Å². The van der Waals surface area contributed by atoms with Crippen molar-refractivity contribution in [3.05, 3.63) is 24.4 Å². The van der Waals surface area contributed by atoms with Crippen LogP contribution in [-0.4, -0.2) is 30.8 Å². The molecule has 136 valence electrons. The van der Waals surface area contributed by atoms with Gasteiger partial charge < -0.3 is 9.84 Å². The Morgan fingerprint density at radius 2 is 2.08 bits per heavy atom. The normalized spacial score (nSPS) is 17.4. The van der Waals surface area contributed by atoms with Crippen molar-refractivity contribution in [3.8, 4) is 0 Å². The van der Waals surface area contributed by atoms with Crippen LogP contribution < -0.4 is 5.32 Å². The summed E-state index contributed by atoms with van der Waals surface area (Å²) in [5, 5.41) is 11.3. The van der Waals surface area contributed by atoms with Gasteiger partial charge in [0.2, 0.25) is 5.91 Å². The molecule has 2 heterocycles. The van der Waals surface area contributed by atoms with Gasteiger partial charge in [-0.25, -0.2) is 4.98 Å².